The molecule has 0 radical (unpaired) electrons. The molecule has 126 valence electrons. The fourth-order valence-electron chi connectivity index (χ4n) is 1.89. The van der Waals surface area contributed by atoms with Gasteiger partial charge in [-0.2, -0.15) is 0 Å². The van der Waals surface area contributed by atoms with E-state index < -0.39 is 5.91 Å². The van der Waals surface area contributed by atoms with Gasteiger partial charge in [0.05, 0.1) is 17.5 Å². The number of thiocarbonyl (C=S) groups is 1. The average Bonchev–Trinajstić information content (AvgIpc) is 3.10. The largest absolute Gasteiger partial charge is 0.459 e. The maximum absolute atomic E-state index is 12.2. The van der Waals surface area contributed by atoms with Crippen LogP contribution in [0, 0.1) is 0 Å². The van der Waals surface area contributed by atoms with Crippen LogP contribution in [0.5, 0.6) is 0 Å². The highest BCUT2D eigenvalue weighted by Crippen LogP contribution is 2.15. The Labute approximate surface area is 144 Å². The highest BCUT2D eigenvalue weighted by molar-refractivity contribution is 7.80. The van der Waals surface area contributed by atoms with Crippen LogP contribution in [0.1, 0.15) is 27.3 Å². The van der Waals surface area contributed by atoms with Crippen molar-refractivity contribution in [3.05, 3.63) is 54.0 Å². The van der Waals surface area contributed by atoms with E-state index in [2.05, 4.69) is 16.0 Å². The lowest BCUT2D eigenvalue weighted by molar-refractivity contribution is 0.0944. The molecule has 0 aliphatic rings. The van der Waals surface area contributed by atoms with Gasteiger partial charge in [0.15, 0.2) is 10.9 Å². The number of amides is 2. The first kappa shape index (κ1) is 17.6. The first-order chi connectivity index (χ1) is 11.6. The van der Waals surface area contributed by atoms with Crippen LogP contribution in [0.2, 0.25) is 0 Å². The van der Waals surface area contributed by atoms with Crippen molar-refractivity contribution in [1.29, 1.82) is 0 Å². The number of anilines is 1. The molecule has 0 saturated carbocycles. The first-order valence-electron chi connectivity index (χ1n) is 7.25. The number of carbonyl (C=O) groups is 2. The predicted octanol–water partition coefficient (Wildman–Crippen LogP) is 1.52. The van der Waals surface area contributed by atoms with Crippen molar-refractivity contribution >= 4 is 34.8 Å². The van der Waals surface area contributed by atoms with Gasteiger partial charge < -0.3 is 20.2 Å². The summed E-state index contributed by atoms with van der Waals surface area (Å²) in [6, 6.07) is 9.87. The maximum Gasteiger partial charge on any atom is 0.293 e. The van der Waals surface area contributed by atoms with Crippen molar-refractivity contribution < 1.29 is 19.1 Å². The van der Waals surface area contributed by atoms with Gasteiger partial charge in [0.25, 0.3) is 11.8 Å². The van der Waals surface area contributed by atoms with Crippen molar-refractivity contribution in [2.45, 2.75) is 6.42 Å². The molecule has 0 atom stereocenters. The topological polar surface area (TPSA) is 104 Å². The summed E-state index contributed by atoms with van der Waals surface area (Å²) < 4.78 is 4.98. The van der Waals surface area contributed by atoms with E-state index in [0.29, 0.717) is 24.2 Å². The smallest absolute Gasteiger partial charge is 0.293 e. The molecule has 8 heteroatoms. The van der Waals surface area contributed by atoms with E-state index in [1.807, 2.05) is 0 Å². The SMILES string of the molecule is O=C(NC(=S)Nc1ccccc1C(=O)NCCCO)c1ccco1. The van der Waals surface area contributed by atoms with Gasteiger partial charge in [-0.15, -0.1) is 0 Å². The summed E-state index contributed by atoms with van der Waals surface area (Å²) in [6.07, 6.45) is 1.86. The summed E-state index contributed by atoms with van der Waals surface area (Å²) in [7, 11) is 0. The number of nitrogens with one attached hydrogen (secondary N) is 3. The monoisotopic (exact) mass is 347 g/mol. The molecule has 0 bridgehead atoms. The molecule has 0 saturated heterocycles. The minimum atomic E-state index is -0.484. The molecule has 1 heterocycles. The molecule has 0 fully saturated rings. The van der Waals surface area contributed by atoms with Crippen molar-refractivity contribution in [2.75, 3.05) is 18.5 Å². The van der Waals surface area contributed by atoms with E-state index in [1.165, 1.54) is 12.3 Å². The normalized spacial score (nSPS) is 10.0. The molecule has 0 aliphatic heterocycles. The molecule has 0 spiro atoms. The van der Waals surface area contributed by atoms with Gasteiger partial charge in [-0.05, 0) is 42.9 Å². The second kappa shape index (κ2) is 8.80. The summed E-state index contributed by atoms with van der Waals surface area (Å²) in [5, 5.41) is 16.8. The highest BCUT2D eigenvalue weighted by atomic mass is 32.1. The Morgan fingerprint density at radius 2 is 1.92 bits per heavy atom. The number of furan rings is 1. The van der Waals surface area contributed by atoms with Crippen molar-refractivity contribution in [1.82, 2.24) is 10.6 Å². The Morgan fingerprint density at radius 3 is 2.62 bits per heavy atom. The number of hydrogen-bond donors (Lipinski definition) is 4. The number of rotatable bonds is 6. The zero-order valence-electron chi connectivity index (χ0n) is 12.7. The van der Waals surface area contributed by atoms with Crippen LogP contribution in [-0.2, 0) is 0 Å². The van der Waals surface area contributed by atoms with Crippen molar-refractivity contribution in [3.8, 4) is 0 Å². The van der Waals surface area contributed by atoms with Gasteiger partial charge in [0.1, 0.15) is 0 Å². The van der Waals surface area contributed by atoms with E-state index in [0.717, 1.165) is 0 Å². The van der Waals surface area contributed by atoms with Crippen LogP contribution in [0.15, 0.2) is 47.1 Å². The van der Waals surface area contributed by atoms with Crippen LogP contribution in [-0.4, -0.2) is 35.2 Å². The average molecular weight is 347 g/mol. The zero-order chi connectivity index (χ0) is 17.4. The Hall–Kier alpha value is -2.71. The molecule has 2 rings (SSSR count). The highest BCUT2D eigenvalue weighted by Gasteiger charge is 2.14. The molecule has 24 heavy (non-hydrogen) atoms. The Balaban J connectivity index is 2.00. The molecular formula is C16H17N3O4S. The fraction of sp³-hybridized carbons (Fsp3) is 0.188. The quantitative estimate of drug-likeness (QED) is 0.467. The Kier molecular flexibility index (Phi) is 6.47. The van der Waals surface area contributed by atoms with E-state index in [1.54, 1.807) is 30.3 Å². The molecular weight excluding hydrogens is 330 g/mol. The second-order valence-corrected chi connectivity index (χ2v) is 5.17. The van der Waals surface area contributed by atoms with E-state index >= 15 is 0 Å². The lowest BCUT2D eigenvalue weighted by atomic mass is 10.1. The standard InChI is InChI=1S/C16H17N3O4S/c20-9-4-8-17-14(21)11-5-1-2-6-12(11)18-16(24)19-15(22)13-7-3-10-23-13/h1-3,5-7,10,20H,4,8-9H2,(H,17,21)(H2,18,19,22,24). The molecule has 0 aliphatic carbocycles. The Bertz CT molecular complexity index is 716. The fourth-order valence-corrected chi connectivity index (χ4v) is 2.10. The summed E-state index contributed by atoms with van der Waals surface area (Å²) in [4.78, 5) is 24.0. The van der Waals surface area contributed by atoms with Gasteiger partial charge in [0.2, 0.25) is 0 Å². The number of carbonyl (C=O) groups excluding carboxylic acids is 2. The van der Waals surface area contributed by atoms with E-state index in [-0.39, 0.29) is 23.4 Å². The third-order valence-electron chi connectivity index (χ3n) is 3.01. The molecule has 4 N–H and O–H groups in total. The molecule has 1 aromatic heterocycles. The van der Waals surface area contributed by atoms with Gasteiger partial charge in [-0.25, -0.2) is 0 Å². The lowest BCUT2D eigenvalue weighted by Gasteiger charge is -2.13. The lowest BCUT2D eigenvalue weighted by Crippen LogP contribution is -2.35. The molecule has 1 aromatic carbocycles. The van der Waals surface area contributed by atoms with Crippen LogP contribution < -0.4 is 16.0 Å². The van der Waals surface area contributed by atoms with Crippen LogP contribution >= 0.6 is 12.2 Å². The number of aliphatic hydroxyl groups excluding tert-OH is 1. The summed E-state index contributed by atoms with van der Waals surface area (Å²) in [5.41, 5.74) is 0.841. The molecule has 2 amide bonds. The van der Waals surface area contributed by atoms with E-state index in [4.69, 9.17) is 21.7 Å². The minimum absolute atomic E-state index is 0.00305. The number of aliphatic hydroxyl groups is 1. The van der Waals surface area contributed by atoms with E-state index in [9.17, 15) is 9.59 Å². The van der Waals surface area contributed by atoms with Crippen LogP contribution in [0.25, 0.3) is 0 Å². The predicted molar refractivity (Wildman–Crippen MR) is 92.9 cm³/mol. The summed E-state index contributed by atoms with van der Waals surface area (Å²) in [6.45, 7) is 0.367. The molecule has 2 aromatic rings. The minimum Gasteiger partial charge on any atom is -0.459 e. The second-order valence-electron chi connectivity index (χ2n) is 4.76. The van der Waals surface area contributed by atoms with Crippen LogP contribution in [0.4, 0.5) is 5.69 Å². The number of para-hydroxylation sites is 1. The first-order valence-corrected chi connectivity index (χ1v) is 7.66. The van der Waals surface area contributed by atoms with Gasteiger partial charge in [0, 0.05) is 13.2 Å². The maximum atomic E-state index is 12.2. The summed E-state index contributed by atoms with van der Waals surface area (Å²) in [5.74, 6) is -0.650. The molecule has 7 nitrogen and oxygen atoms in total. The summed E-state index contributed by atoms with van der Waals surface area (Å²) >= 11 is 5.09. The third-order valence-corrected chi connectivity index (χ3v) is 3.22. The molecule has 0 unspecified atom stereocenters. The van der Waals surface area contributed by atoms with Gasteiger partial charge in [-0.3, -0.25) is 14.9 Å². The van der Waals surface area contributed by atoms with Crippen molar-refractivity contribution in [3.63, 3.8) is 0 Å². The van der Waals surface area contributed by atoms with Crippen molar-refractivity contribution in [2.24, 2.45) is 0 Å². The van der Waals surface area contributed by atoms with Gasteiger partial charge in [-0.1, -0.05) is 12.1 Å². The Morgan fingerprint density at radius 1 is 1.12 bits per heavy atom. The number of benzene rings is 1. The third kappa shape index (κ3) is 4.90. The number of hydrogen-bond acceptors (Lipinski definition) is 5. The van der Waals surface area contributed by atoms with Gasteiger partial charge >= 0.3 is 0 Å². The zero-order valence-corrected chi connectivity index (χ0v) is 13.6. The van der Waals surface area contributed by atoms with Crippen LogP contribution in [0.3, 0.4) is 0 Å².